The van der Waals surface area contributed by atoms with Gasteiger partial charge in [-0.05, 0) is 94.5 Å². The van der Waals surface area contributed by atoms with E-state index in [4.69, 9.17) is 0 Å². The van der Waals surface area contributed by atoms with Crippen molar-refractivity contribution >= 4 is 29.2 Å². The second-order valence-corrected chi connectivity index (χ2v) is 18.8. The van der Waals surface area contributed by atoms with E-state index in [1.54, 1.807) is 38.9 Å². The van der Waals surface area contributed by atoms with Crippen molar-refractivity contribution in [2.45, 2.75) is 218 Å². The van der Waals surface area contributed by atoms with Crippen LogP contribution in [-0.4, -0.2) is 7.85 Å². The van der Waals surface area contributed by atoms with E-state index < -0.39 is 0 Å². The molecule has 3 aromatic rings. The molecular formula is C52H78BBr. The van der Waals surface area contributed by atoms with Crippen molar-refractivity contribution in [1.29, 1.82) is 0 Å². The van der Waals surface area contributed by atoms with E-state index in [-0.39, 0.29) is 10.8 Å². The van der Waals surface area contributed by atoms with Crippen molar-refractivity contribution < 1.29 is 0 Å². The van der Waals surface area contributed by atoms with Gasteiger partial charge in [-0.3, -0.25) is 0 Å². The molecule has 54 heavy (non-hydrogen) atoms. The van der Waals surface area contributed by atoms with Crippen LogP contribution in [0, 0.1) is 0 Å². The van der Waals surface area contributed by atoms with Crippen molar-refractivity contribution in [1.82, 2.24) is 0 Å². The van der Waals surface area contributed by atoms with Gasteiger partial charge in [0.2, 0.25) is 0 Å². The van der Waals surface area contributed by atoms with Gasteiger partial charge in [0.15, 0.2) is 0 Å². The highest BCUT2D eigenvalue weighted by Gasteiger charge is 2.47. The number of hydrogen-bond acceptors (Lipinski definition) is 0. The fraction of sp³-hybridized carbons (Fsp3) is 0.654. The van der Waals surface area contributed by atoms with E-state index in [1.807, 2.05) is 0 Å². The maximum absolute atomic E-state index is 3.98. The van der Waals surface area contributed by atoms with E-state index in [9.17, 15) is 0 Å². The molecule has 0 bridgehead atoms. The topological polar surface area (TPSA) is 0 Å². The van der Waals surface area contributed by atoms with Crippen molar-refractivity contribution in [2.24, 2.45) is 0 Å². The first-order valence-corrected chi connectivity index (χ1v) is 24.4. The van der Waals surface area contributed by atoms with Crippen molar-refractivity contribution in [3.05, 3.63) is 75.3 Å². The summed E-state index contributed by atoms with van der Waals surface area (Å²) in [6.07, 6.45) is 37.9. The quantitative estimate of drug-likeness (QED) is 0.0507. The van der Waals surface area contributed by atoms with Crippen LogP contribution in [0.4, 0.5) is 0 Å². The molecule has 5 rings (SSSR count). The van der Waals surface area contributed by atoms with Gasteiger partial charge in [-0.1, -0.05) is 227 Å². The van der Waals surface area contributed by atoms with E-state index in [0.29, 0.717) is 0 Å². The number of benzene rings is 3. The standard InChI is InChI=1S/C52H78BBr/c1-5-9-13-17-21-25-33-51(34-26-22-18-14-10-6-2)47-37-41(53)29-31-43(47)45-39-50-46(40-49(45)51)44-32-30-42(54)38-48(44)52(50,35-27-23-19-15-11-7-3)36-28-24-20-16-12-8-4/h29-32,37-40H,5-28,33-36,53H2,1-4H3. The minimum absolute atomic E-state index is 0.105. The molecular weight excluding hydrogens is 715 g/mol. The Kier molecular flexibility index (Phi) is 17.8. The highest BCUT2D eigenvalue weighted by Crippen LogP contribution is 2.61. The van der Waals surface area contributed by atoms with Crippen molar-refractivity contribution in [3.63, 3.8) is 0 Å². The van der Waals surface area contributed by atoms with E-state index >= 15 is 0 Å². The third-order valence-electron chi connectivity index (χ3n) is 13.8. The molecule has 2 heteroatoms. The Morgan fingerprint density at radius 2 is 0.685 bits per heavy atom. The zero-order chi connectivity index (χ0) is 38.2. The zero-order valence-electron chi connectivity index (χ0n) is 35.8. The Balaban J connectivity index is 1.59. The predicted octanol–water partition coefficient (Wildman–Crippen LogP) is 16.2. The van der Waals surface area contributed by atoms with Crippen LogP contribution in [0.2, 0.25) is 0 Å². The number of hydrogen-bond donors (Lipinski definition) is 0. The lowest BCUT2D eigenvalue weighted by atomic mass is 9.68. The summed E-state index contributed by atoms with van der Waals surface area (Å²) in [5.41, 5.74) is 14.5. The molecule has 3 aromatic carbocycles. The zero-order valence-corrected chi connectivity index (χ0v) is 37.4. The fourth-order valence-electron chi connectivity index (χ4n) is 10.7. The number of fused-ring (bicyclic) bond motifs is 6. The molecule has 0 amide bonds. The van der Waals surface area contributed by atoms with Crippen LogP contribution in [0.25, 0.3) is 22.3 Å². The molecule has 0 spiro atoms. The molecule has 0 N–H and O–H groups in total. The molecule has 2 aliphatic rings. The summed E-state index contributed by atoms with van der Waals surface area (Å²) in [4.78, 5) is 0. The Labute approximate surface area is 343 Å². The van der Waals surface area contributed by atoms with Gasteiger partial charge in [-0.15, -0.1) is 0 Å². The lowest BCUT2D eigenvalue weighted by Gasteiger charge is -2.35. The van der Waals surface area contributed by atoms with Gasteiger partial charge in [0.1, 0.15) is 7.85 Å². The van der Waals surface area contributed by atoms with Gasteiger partial charge in [0.05, 0.1) is 0 Å². The lowest BCUT2D eigenvalue weighted by molar-refractivity contribution is 0.394. The number of rotatable bonds is 28. The molecule has 0 saturated heterocycles. The molecule has 0 atom stereocenters. The summed E-state index contributed by atoms with van der Waals surface area (Å²) in [5, 5.41) is 0. The molecule has 0 aliphatic heterocycles. The summed E-state index contributed by atoms with van der Waals surface area (Å²) >= 11 is 3.98. The lowest BCUT2D eigenvalue weighted by Crippen LogP contribution is -2.27. The minimum Gasteiger partial charge on any atom is -0.0886 e. The first-order chi connectivity index (χ1) is 26.5. The average Bonchev–Trinajstić information content (AvgIpc) is 3.58. The Hall–Kier alpha value is -1.80. The first-order valence-electron chi connectivity index (χ1n) is 23.6. The Morgan fingerprint density at radius 1 is 0.370 bits per heavy atom. The van der Waals surface area contributed by atoms with Gasteiger partial charge in [-0.25, -0.2) is 0 Å². The maximum Gasteiger partial charge on any atom is 0.139 e. The third kappa shape index (κ3) is 10.4. The second-order valence-electron chi connectivity index (χ2n) is 17.9. The molecule has 296 valence electrons. The van der Waals surface area contributed by atoms with E-state index in [0.717, 1.165) is 0 Å². The van der Waals surface area contributed by atoms with E-state index in [1.165, 1.54) is 195 Å². The Morgan fingerprint density at radius 3 is 1.07 bits per heavy atom. The number of halogens is 1. The molecule has 0 saturated carbocycles. The second kappa shape index (κ2) is 22.2. The van der Waals surface area contributed by atoms with Crippen LogP contribution in [0.15, 0.2) is 53.0 Å². The van der Waals surface area contributed by atoms with Crippen LogP contribution < -0.4 is 5.46 Å². The van der Waals surface area contributed by atoms with Gasteiger partial charge < -0.3 is 0 Å². The van der Waals surface area contributed by atoms with Gasteiger partial charge in [0, 0.05) is 15.3 Å². The smallest absolute Gasteiger partial charge is 0.0886 e. The van der Waals surface area contributed by atoms with Gasteiger partial charge in [0.25, 0.3) is 0 Å². The molecule has 0 unspecified atom stereocenters. The van der Waals surface area contributed by atoms with Crippen molar-refractivity contribution in [2.75, 3.05) is 0 Å². The normalized spacial score (nSPS) is 14.6. The maximum atomic E-state index is 3.98. The molecule has 0 radical (unpaired) electrons. The highest BCUT2D eigenvalue weighted by molar-refractivity contribution is 9.10. The molecule has 0 aromatic heterocycles. The molecule has 0 heterocycles. The third-order valence-corrected chi connectivity index (χ3v) is 14.3. The number of unbranched alkanes of at least 4 members (excludes halogenated alkanes) is 20. The fourth-order valence-corrected chi connectivity index (χ4v) is 11.1. The highest BCUT2D eigenvalue weighted by atomic mass is 79.9. The van der Waals surface area contributed by atoms with Crippen LogP contribution in [0.5, 0.6) is 0 Å². The Bertz CT molecular complexity index is 1420. The van der Waals surface area contributed by atoms with Crippen LogP contribution in [-0.2, 0) is 10.8 Å². The van der Waals surface area contributed by atoms with Crippen LogP contribution >= 0.6 is 15.9 Å². The SMILES string of the molecule is Bc1ccc2c(c1)C(CCCCCCCC)(CCCCCCCC)c1cc3c(cc1-2)C(CCCCCCCC)(CCCCCCCC)c1cc(Br)ccc1-3. The largest absolute Gasteiger partial charge is 0.139 e. The molecule has 0 nitrogen and oxygen atoms in total. The summed E-state index contributed by atoms with van der Waals surface area (Å²) in [5.74, 6) is 0. The molecule has 0 fully saturated rings. The minimum atomic E-state index is 0.105. The predicted molar refractivity (Wildman–Crippen MR) is 247 cm³/mol. The van der Waals surface area contributed by atoms with Crippen LogP contribution in [0.1, 0.15) is 230 Å². The summed E-state index contributed by atoms with van der Waals surface area (Å²) in [6.45, 7) is 9.37. The molecule has 2 aliphatic carbocycles. The summed E-state index contributed by atoms with van der Waals surface area (Å²) in [7, 11) is 2.34. The monoisotopic (exact) mass is 793 g/mol. The van der Waals surface area contributed by atoms with Gasteiger partial charge >= 0.3 is 0 Å². The average molecular weight is 794 g/mol. The summed E-state index contributed by atoms with van der Waals surface area (Å²) < 4.78 is 1.25. The van der Waals surface area contributed by atoms with Crippen molar-refractivity contribution in [3.8, 4) is 22.3 Å². The first kappa shape index (κ1) is 43.3. The van der Waals surface area contributed by atoms with Crippen LogP contribution in [0.3, 0.4) is 0 Å². The van der Waals surface area contributed by atoms with Gasteiger partial charge in [-0.2, -0.15) is 0 Å². The summed E-state index contributed by atoms with van der Waals surface area (Å²) in [6, 6.07) is 20.5. The van der Waals surface area contributed by atoms with E-state index in [2.05, 4.69) is 100 Å².